The summed E-state index contributed by atoms with van der Waals surface area (Å²) in [5.41, 5.74) is 6.18. The molecular weight excluding hydrogens is 286 g/mol. The third kappa shape index (κ3) is 3.31. The molecule has 0 aromatic carbocycles. The predicted octanol–water partition coefficient (Wildman–Crippen LogP) is 0.896. The molecule has 0 radical (unpaired) electrons. The molecule has 0 spiro atoms. The van der Waals surface area contributed by atoms with Crippen molar-refractivity contribution in [3.8, 4) is 0 Å². The number of anilines is 1. The lowest BCUT2D eigenvalue weighted by Crippen LogP contribution is -2.46. The molecule has 0 unspecified atom stereocenters. The van der Waals surface area contributed by atoms with E-state index in [2.05, 4.69) is 5.32 Å². The number of esters is 1. The van der Waals surface area contributed by atoms with Gasteiger partial charge in [0.1, 0.15) is 5.69 Å². The maximum Gasteiger partial charge on any atom is 0.355 e. The fourth-order valence-electron chi connectivity index (χ4n) is 2.59. The molecule has 122 valence electrons. The molecule has 1 aliphatic rings. The normalized spacial score (nSPS) is 17.0. The molecule has 1 saturated heterocycles. The highest BCUT2D eigenvalue weighted by Crippen LogP contribution is 2.31. The molecule has 7 nitrogen and oxygen atoms in total. The van der Waals surface area contributed by atoms with E-state index in [0.29, 0.717) is 44.0 Å². The SMILES string of the molecule is CCOC(=O)c1cc(NC(=O)C2(CN)CCOCC2)cn1C. The number of nitrogens with one attached hydrogen (secondary N) is 1. The summed E-state index contributed by atoms with van der Waals surface area (Å²) in [6, 6.07) is 1.61. The van der Waals surface area contributed by atoms with Gasteiger partial charge in [0.2, 0.25) is 5.91 Å². The highest BCUT2D eigenvalue weighted by Gasteiger charge is 2.39. The van der Waals surface area contributed by atoms with Crippen LogP contribution in [0.1, 0.15) is 30.3 Å². The Labute approximate surface area is 129 Å². The molecule has 22 heavy (non-hydrogen) atoms. The maximum absolute atomic E-state index is 12.6. The lowest BCUT2D eigenvalue weighted by molar-refractivity contribution is -0.130. The van der Waals surface area contributed by atoms with Crippen LogP contribution in [0.5, 0.6) is 0 Å². The van der Waals surface area contributed by atoms with Gasteiger partial charge in [0, 0.05) is 33.0 Å². The largest absolute Gasteiger partial charge is 0.461 e. The number of carbonyl (C=O) groups is 2. The van der Waals surface area contributed by atoms with Crippen LogP contribution < -0.4 is 11.1 Å². The lowest BCUT2D eigenvalue weighted by atomic mass is 9.79. The van der Waals surface area contributed by atoms with Crippen molar-refractivity contribution in [3.05, 3.63) is 18.0 Å². The number of carbonyl (C=O) groups excluding carboxylic acids is 2. The van der Waals surface area contributed by atoms with Crippen molar-refractivity contribution in [3.63, 3.8) is 0 Å². The van der Waals surface area contributed by atoms with Crippen LogP contribution in [0.4, 0.5) is 5.69 Å². The van der Waals surface area contributed by atoms with E-state index in [-0.39, 0.29) is 12.5 Å². The third-order valence-corrected chi connectivity index (χ3v) is 4.07. The van der Waals surface area contributed by atoms with Gasteiger partial charge < -0.3 is 25.1 Å². The third-order valence-electron chi connectivity index (χ3n) is 4.07. The van der Waals surface area contributed by atoms with E-state index in [9.17, 15) is 9.59 Å². The van der Waals surface area contributed by atoms with E-state index in [0.717, 1.165) is 0 Å². The van der Waals surface area contributed by atoms with Crippen molar-refractivity contribution in [1.82, 2.24) is 4.57 Å². The number of hydrogen-bond donors (Lipinski definition) is 2. The topological polar surface area (TPSA) is 95.6 Å². The molecule has 7 heteroatoms. The highest BCUT2D eigenvalue weighted by atomic mass is 16.5. The monoisotopic (exact) mass is 309 g/mol. The first-order valence-corrected chi connectivity index (χ1v) is 7.45. The summed E-state index contributed by atoms with van der Waals surface area (Å²) in [5.74, 6) is -0.538. The summed E-state index contributed by atoms with van der Waals surface area (Å²) in [7, 11) is 1.73. The Kier molecular flexibility index (Phi) is 5.20. The van der Waals surface area contributed by atoms with Gasteiger partial charge in [-0.15, -0.1) is 0 Å². The zero-order chi connectivity index (χ0) is 16.2. The number of hydrogen-bond acceptors (Lipinski definition) is 5. The maximum atomic E-state index is 12.6. The van der Waals surface area contributed by atoms with Gasteiger partial charge in [-0.3, -0.25) is 4.79 Å². The minimum atomic E-state index is -0.599. The summed E-state index contributed by atoms with van der Waals surface area (Å²) in [6.45, 7) is 3.41. The van der Waals surface area contributed by atoms with Crippen molar-refractivity contribution in [1.29, 1.82) is 0 Å². The van der Waals surface area contributed by atoms with Gasteiger partial charge in [-0.25, -0.2) is 4.79 Å². The summed E-state index contributed by atoms with van der Waals surface area (Å²) in [4.78, 5) is 24.4. The lowest BCUT2D eigenvalue weighted by Gasteiger charge is -2.34. The van der Waals surface area contributed by atoms with E-state index in [1.54, 1.807) is 30.8 Å². The Morgan fingerprint density at radius 3 is 2.73 bits per heavy atom. The second-order valence-electron chi connectivity index (χ2n) is 5.50. The Morgan fingerprint density at radius 1 is 1.45 bits per heavy atom. The Hall–Kier alpha value is -1.86. The first-order valence-electron chi connectivity index (χ1n) is 7.45. The molecule has 1 aliphatic heterocycles. The minimum absolute atomic E-state index is 0.126. The molecule has 0 atom stereocenters. The van der Waals surface area contributed by atoms with Crippen LogP contribution in [0, 0.1) is 5.41 Å². The molecule has 1 aromatic heterocycles. The van der Waals surface area contributed by atoms with Crippen molar-refractivity contribution in [2.75, 3.05) is 31.7 Å². The van der Waals surface area contributed by atoms with Gasteiger partial charge in [0.05, 0.1) is 17.7 Å². The average molecular weight is 309 g/mol. The van der Waals surface area contributed by atoms with Crippen molar-refractivity contribution < 1.29 is 19.1 Å². The average Bonchev–Trinajstić information content (AvgIpc) is 2.88. The number of amides is 1. The summed E-state index contributed by atoms with van der Waals surface area (Å²) < 4.78 is 11.9. The molecule has 1 fully saturated rings. The van der Waals surface area contributed by atoms with E-state index in [1.165, 1.54) is 0 Å². The van der Waals surface area contributed by atoms with Gasteiger partial charge in [-0.05, 0) is 25.8 Å². The minimum Gasteiger partial charge on any atom is -0.461 e. The number of aromatic nitrogens is 1. The second-order valence-corrected chi connectivity index (χ2v) is 5.50. The predicted molar refractivity (Wildman–Crippen MR) is 81.5 cm³/mol. The van der Waals surface area contributed by atoms with Gasteiger partial charge in [-0.2, -0.15) is 0 Å². The molecule has 0 saturated carbocycles. The van der Waals surface area contributed by atoms with Gasteiger partial charge in [-0.1, -0.05) is 0 Å². The van der Waals surface area contributed by atoms with Crippen LogP contribution in [-0.4, -0.2) is 42.8 Å². The molecule has 0 bridgehead atoms. The summed E-state index contributed by atoms with van der Waals surface area (Å²) >= 11 is 0. The smallest absolute Gasteiger partial charge is 0.355 e. The standard InChI is InChI=1S/C15H23N3O4/c1-3-22-13(19)12-8-11(9-18(12)2)17-14(20)15(10-16)4-6-21-7-5-15/h8-9H,3-7,10,16H2,1-2H3,(H,17,20). The van der Waals surface area contributed by atoms with E-state index < -0.39 is 11.4 Å². The van der Waals surface area contributed by atoms with Gasteiger partial charge in [0.15, 0.2) is 0 Å². The summed E-state index contributed by atoms with van der Waals surface area (Å²) in [6.07, 6.45) is 2.90. The Morgan fingerprint density at radius 2 is 2.14 bits per heavy atom. The zero-order valence-electron chi connectivity index (χ0n) is 13.1. The Bertz CT molecular complexity index is 547. The van der Waals surface area contributed by atoms with Crippen LogP contribution in [0.25, 0.3) is 0 Å². The molecule has 0 aliphatic carbocycles. The fourth-order valence-corrected chi connectivity index (χ4v) is 2.59. The number of aryl methyl sites for hydroxylation is 1. The van der Waals surface area contributed by atoms with E-state index in [1.807, 2.05) is 0 Å². The van der Waals surface area contributed by atoms with Crippen LogP contribution in [0.15, 0.2) is 12.3 Å². The van der Waals surface area contributed by atoms with Crippen molar-refractivity contribution in [2.24, 2.45) is 18.2 Å². The van der Waals surface area contributed by atoms with E-state index >= 15 is 0 Å². The van der Waals surface area contributed by atoms with Crippen LogP contribution in [-0.2, 0) is 21.3 Å². The number of ether oxygens (including phenoxy) is 2. The first-order chi connectivity index (χ1) is 10.5. The molecule has 3 N–H and O–H groups in total. The first kappa shape index (κ1) is 16.5. The van der Waals surface area contributed by atoms with Gasteiger partial charge in [0.25, 0.3) is 0 Å². The van der Waals surface area contributed by atoms with Crippen molar-refractivity contribution >= 4 is 17.6 Å². The Balaban J connectivity index is 2.11. The number of rotatable bonds is 5. The molecular formula is C15H23N3O4. The number of nitrogens with two attached hydrogens (primary N) is 1. The van der Waals surface area contributed by atoms with E-state index in [4.69, 9.17) is 15.2 Å². The van der Waals surface area contributed by atoms with Gasteiger partial charge >= 0.3 is 5.97 Å². The molecule has 2 rings (SSSR count). The van der Waals surface area contributed by atoms with Crippen LogP contribution >= 0.6 is 0 Å². The number of nitrogens with zero attached hydrogens (tertiary/aromatic N) is 1. The fraction of sp³-hybridized carbons (Fsp3) is 0.600. The van der Waals surface area contributed by atoms with Crippen LogP contribution in [0.2, 0.25) is 0 Å². The quantitative estimate of drug-likeness (QED) is 0.788. The van der Waals surface area contributed by atoms with Crippen LogP contribution in [0.3, 0.4) is 0 Å². The highest BCUT2D eigenvalue weighted by molar-refractivity contribution is 5.97. The molecule has 2 heterocycles. The zero-order valence-corrected chi connectivity index (χ0v) is 13.1. The molecule has 1 amide bonds. The second kappa shape index (κ2) is 6.93. The van der Waals surface area contributed by atoms with Crippen molar-refractivity contribution in [2.45, 2.75) is 19.8 Å². The summed E-state index contributed by atoms with van der Waals surface area (Å²) in [5, 5.41) is 2.86. The molecule has 1 aromatic rings.